The van der Waals surface area contributed by atoms with Crippen LogP contribution in [0.2, 0.25) is 0 Å². The molecule has 1 aliphatic heterocycles. The molecule has 2 unspecified atom stereocenters. The number of fused-ring (bicyclic) bond motifs is 1. The number of hydrogen-bond acceptors (Lipinski definition) is 2. The molecule has 3 heteroatoms. The maximum absolute atomic E-state index is 12.9. The minimum absolute atomic E-state index is 0.178. The second kappa shape index (κ2) is 5.98. The zero-order valence-electron chi connectivity index (χ0n) is 11.5. The first-order valence-corrected chi connectivity index (χ1v) is 7.84. The summed E-state index contributed by atoms with van der Waals surface area (Å²) in [6.07, 6.45) is 1.13. The van der Waals surface area contributed by atoms with Crippen LogP contribution in [0.4, 0.5) is 4.39 Å². The molecule has 0 aliphatic carbocycles. The molecule has 0 bridgehead atoms. The van der Waals surface area contributed by atoms with Crippen molar-refractivity contribution in [3.63, 3.8) is 0 Å². The molecule has 0 aromatic heterocycles. The minimum atomic E-state index is -0.178. The summed E-state index contributed by atoms with van der Waals surface area (Å²) < 4.78 is 12.9. The normalized spacial score (nSPS) is 18.8. The molecule has 0 amide bonds. The van der Waals surface area contributed by atoms with Crippen LogP contribution in [-0.2, 0) is 6.42 Å². The van der Waals surface area contributed by atoms with Gasteiger partial charge in [0.2, 0.25) is 0 Å². The van der Waals surface area contributed by atoms with Crippen LogP contribution in [0.25, 0.3) is 0 Å². The summed E-state index contributed by atoms with van der Waals surface area (Å²) in [5, 5.41) is 4.14. The Hall–Kier alpha value is -1.32. The van der Waals surface area contributed by atoms with E-state index >= 15 is 0 Å². The van der Waals surface area contributed by atoms with Gasteiger partial charge in [0.25, 0.3) is 0 Å². The van der Waals surface area contributed by atoms with Crippen LogP contribution in [0, 0.1) is 5.82 Å². The van der Waals surface area contributed by atoms with Crippen LogP contribution < -0.4 is 5.32 Å². The van der Waals surface area contributed by atoms with E-state index in [9.17, 15) is 4.39 Å². The molecule has 0 fully saturated rings. The highest BCUT2D eigenvalue weighted by molar-refractivity contribution is 8.00. The Morgan fingerprint density at radius 3 is 2.70 bits per heavy atom. The van der Waals surface area contributed by atoms with Gasteiger partial charge in [-0.25, -0.2) is 4.39 Å². The lowest BCUT2D eigenvalue weighted by Gasteiger charge is -2.17. The molecular weight excluding hydrogens is 269 g/mol. The lowest BCUT2D eigenvalue weighted by molar-refractivity contribution is 0.564. The summed E-state index contributed by atoms with van der Waals surface area (Å²) in [5.74, 6) is -0.178. The van der Waals surface area contributed by atoms with E-state index in [1.807, 2.05) is 23.9 Å². The van der Waals surface area contributed by atoms with Gasteiger partial charge in [-0.2, -0.15) is 0 Å². The number of halogens is 1. The number of nitrogens with one attached hydrogen (secondary N) is 1. The quantitative estimate of drug-likeness (QED) is 0.904. The van der Waals surface area contributed by atoms with Crippen LogP contribution >= 0.6 is 11.8 Å². The van der Waals surface area contributed by atoms with Crippen molar-refractivity contribution < 1.29 is 4.39 Å². The van der Waals surface area contributed by atoms with Crippen LogP contribution in [0.15, 0.2) is 53.4 Å². The van der Waals surface area contributed by atoms with E-state index in [2.05, 4.69) is 36.5 Å². The summed E-state index contributed by atoms with van der Waals surface area (Å²) >= 11 is 1.95. The van der Waals surface area contributed by atoms with Crippen LogP contribution in [0.1, 0.15) is 24.1 Å². The average Bonchev–Trinajstić information content (AvgIpc) is 2.88. The summed E-state index contributed by atoms with van der Waals surface area (Å²) in [6.45, 7) is 3.10. The van der Waals surface area contributed by atoms with Gasteiger partial charge in [0.05, 0.1) is 0 Å². The Labute approximate surface area is 123 Å². The van der Waals surface area contributed by atoms with E-state index in [4.69, 9.17) is 0 Å². The third kappa shape index (κ3) is 3.05. The Morgan fingerprint density at radius 2 is 1.95 bits per heavy atom. The first kappa shape index (κ1) is 13.7. The van der Waals surface area contributed by atoms with Gasteiger partial charge in [0.1, 0.15) is 5.82 Å². The molecule has 1 aliphatic rings. The highest BCUT2D eigenvalue weighted by Gasteiger charge is 2.21. The van der Waals surface area contributed by atoms with Gasteiger partial charge >= 0.3 is 0 Å². The molecule has 2 aromatic carbocycles. The Kier molecular flexibility index (Phi) is 4.08. The van der Waals surface area contributed by atoms with Crippen molar-refractivity contribution >= 4 is 11.8 Å². The fourth-order valence-electron chi connectivity index (χ4n) is 2.55. The van der Waals surface area contributed by atoms with E-state index in [0.717, 1.165) is 18.5 Å². The summed E-state index contributed by atoms with van der Waals surface area (Å²) in [4.78, 5) is 1.41. The molecule has 20 heavy (non-hydrogen) atoms. The molecule has 0 radical (unpaired) electrons. The van der Waals surface area contributed by atoms with Gasteiger partial charge in [-0.1, -0.05) is 30.3 Å². The highest BCUT2D eigenvalue weighted by Crippen LogP contribution is 2.36. The molecule has 3 rings (SSSR count). The van der Waals surface area contributed by atoms with Crippen molar-refractivity contribution in [1.29, 1.82) is 0 Å². The number of benzene rings is 2. The van der Waals surface area contributed by atoms with Gasteiger partial charge < -0.3 is 5.32 Å². The SMILES string of the molecule is CC(NCC1Cc2ccccc2S1)c1ccc(F)cc1. The van der Waals surface area contributed by atoms with E-state index in [1.54, 1.807) is 0 Å². The molecule has 1 nitrogen and oxygen atoms in total. The topological polar surface area (TPSA) is 12.0 Å². The van der Waals surface area contributed by atoms with Gasteiger partial charge in [0.15, 0.2) is 0 Å². The lowest BCUT2D eigenvalue weighted by atomic mass is 10.1. The van der Waals surface area contributed by atoms with E-state index in [0.29, 0.717) is 5.25 Å². The molecule has 1 heterocycles. The van der Waals surface area contributed by atoms with Gasteiger partial charge in [-0.05, 0) is 42.7 Å². The van der Waals surface area contributed by atoms with Crippen molar-refractivity contribution in [2.45, 2.75) is 29.5 Å². The van der Waals surface area contributed by atoms with Crippen LogP contribution in [0.3, 0.4) is 0 Å². The minimum Gasteiger partial charge on any atom is -0.309 e. The van der Waals surface area contributed by atoms with Crippen molar-refractivity contribution in [3.8, 4) is 0 Å². The average molecular weight is 287 g/mol. The van der Waals surface area contributed by atoms with Crippen LogP contribution in [-0.4, -0.2) is 11.8 Å². The third-order valence-corrected chi connectivity index (χ3v) is 5.05. The Morgan fingerprint density at radius 1 is 1.20 bits per heavy atom. The van der Waals surface area contributed by atoms with Gasteiger partial charge in [0, 0.05) is 22.7 Å². The fraction of sp³-hybridized carbons (Fsp3) is 0.294. The zero-order valence-corrected chi connectivity index (χ0v) is 12.3. The van der Waals surface area contributed by atoms with Gasteiger partial charge in [-0.15, -0.1) is 11.8 Å². The first-order valence-electron chi connectivity index (χ1n) is 6.96. The number of thioether (sulfide) groups is 1. The van der Waals surface area contributed by atoms with E-state index in [-0.39, 0.29) is 11.9 Å². The molecule has 2 atom stereocenters. The van der Waals surface area contributed by atoms with Gasteiger partial charge in [-0.3, -0.25) is 0 Å². The maximum atomic E-state index is 12.9. The van der Waals surface area contributed by atoms with Crippen molar-refractivity contribution in [2.24, 2.45) is 0 Å². The molecule has 0 saturated heterocycles. The second-order valence-corrected chi connectivity index (χ2v) is 6.58. The zero-order chi connectivity index (χ0) is 13.9. The molecule has 0 saturated carbocycles. The largest absolute Gasteiger partial charge is 0.309 e. The fourth-order valence-corrected chi connectivity index (χ4v) is 3.81. The number of rotatable bonds is 4. The predicted octanol–water partition coefficient (Wildman–Crippen LogP) is 4.19. The third-order valence-electron chi connectivity index (χ3n) is 3.74. The maximum Gasteiger partial charge on any atom is 0.123 e. The molecule has 1 N–H and O–H groups in total. The Balaban J connectivity index is 1.55. The highest BCUT2D eigenvalue weighted by atomic mass is 32.2. The summed E-state index contributed by atoms with van der Waals surface area (Å²) in [5.41, 5.74) is 2.59. The molecule has 0 spiro atoms. The first-order chi connectivity index (χ1) is 9.72. The van der Waals surface area contributed by atoms with E-state index < -0.39 is 0 Å². The summed E-state index contributed by atoms with van der Waals surface area (Å²) in [6, 6.07) is 15.6. The molecular formula is C17H18FNS. The lowest BCUT2D eigenvalue weighted by Crippen LogP contribution is -2.27. The summed E-state index contributed by atoms with van der Waals surface area (Å²) in [7, 11) is 0. The van der Waals surface area contributed by atoms with E-state index in [1.165, 1.54) is 22.6 Å². The smallest absolute Gasteiger partial charge is 0.123 e. The standard InChI is InChI=1S/C17H18FNS/c1-12(13-6-8-15(18)9-7-13)19-11-16-10-14-4-2-3-5-17(14)20-16/h2-9,12,16,19H,10-11H2,1H3. The predicted molar refractivity (Wildman–Crippen MR) is 82.6 cm³/mol. The molecule has 104 valence electrons. The van der Waals surface area contributed by atoms with Crippen molar-refractivity contribution in [2.75, 3.05) is 6.54 Å². The molecule has 2 aromatic rings. The second-order valence-electron chi connectivity index (χ2n) is 5.23. The van der Waals surface area contributed by atoms with Crippen molar-refractivity contribution in [1.82, 2.24) is 5.32 Å². The van der Waals surface area contributed by atoms with Crippen molar-refractivity contribution in [3.05, 3.63) is 65.5 Å². The monoisotopic (exact) mass is 287 g/mol. The Bertz CT molecular complexity index is 557. The number of hydrogen-bond donors (Lipinski definition) is 1. The van der Waals surface area contributed by atoms with Crippen LogP contribution in [0.5, 0.6) is 0 Å².